The molecule has 0 spiro atoms. The molecule has 0 saturated heterocycles. The van der Waals surface area contributed by atoms with Crippen molar-refractivity contribution in [3.8, 4) is 5.75 Å². The molecule has 9 heteroatoms. The van der Waals surface area contributed by atoms with Crippen molar-refractivity contribution in [3.05, 3.63) is 57.6 Å². The number of nitrogens with two attached hydrogens (primary N) is 1. The number of carbonyl (C=O) groups is 3. The fraction of sp³-hybridized carbons (Fsp3) is 0.464. The van der Waals surface area contributed by atoms with E-state index in [1.165, 1.54) is 0 Å². The van der Waals surface area contributed by atoms with E-state index in [9.17, 15) is 39.9 Å². The van der Waals surface area contributed by atoms with Gasteiger partial charge in [0.2, 0.25) is 5.78 Å². The number of benzene rings is 1. The highest BCUT2D eigenvalue weighted by Crippen LogP contribution is 2.56. The van der Waals surface area contributed by atoms with Crippen molar-refractivity contribution < 1.29 is 39.9 Å². The topological polar surface area (TPSA) is 178 Å². The molecule has 1 amide bonds. The molecule has 198 valence electrons. The van der Waals surface area contributed by atoms with E-state index in [2.05, 4.69) is 0 Å². The summed E-state index contributed by atoms with van der Waals surface area (Å²) in [6, 6.07) is 3.39. The van der Waals surface area contributed by atoms with Gasteiger partial charge in [-0.3, -0.25) is 14.4 Å². The highest BCUT2D eigenvalue weighted by Gasteiger charge is 2.64. The maximum atomic E-state index is 13.9. The molecule has 0 heterocycles. The molecule has 0 saturated carbocycles. The molecule has 4 atom stereocenters. The molecule has 1 aromatic rings. The first-order valence-electron chi connectivity index (χ1n) is 12.1. The van der Waals surface area contributed by atoms with Gasteiger partial charge in [-0.05, 0) is 22.0 Å². The lowest BCUT2D eigenvalue weighted by atomic mass is 9.57. The number of carbonyl (C=O) groups excluding carboxylic acids is 3. The van der Waals surface area contributed by atoms with Crippen LogP contribution in [0.1, 0.15) is 69.4 Å². The van der Waals surface area contributed by atoms with Crippen LogP contribution < -0.4 is 5.73 Å². The summed E-state index contributed by atoms with van der Waals surface area (Å²) in [6.45, 7) is 11.3. The minimum Gasteiger partial charge on any atom is -0.511 e. The molecule has 0 aromatic heterocycles. The highest BCUT2D eigenvalue weighted by atomic mass is 16.4. The fourth-order valence-electron chi connectivity index (χ4n) is 5.80. The smallest absolute Gasteiger partial charge is 0.255 e. The zero-order valence-electron chi connectivity index (χ0n) is 21.7. The zero-order valence-corrected chi connectivity index (χ0v) is 21.7. The largest absolute Gasteiger partial charge is 0.511 e. The summed E-state index contributed by atoms with van der Waals surface area (Å²) in [5.41, 5.74) is 1.12. The van der Waals surface area contributed by atoms with Gasteiger partial charge in [-0.2, -0.15) is 0 Å². The third kappa shape index (κ3) is 3.71. The third-order valence-electron chi connectivity index (χ3n) is 7.43. The number of Topliss-reactive ketones (excluding diaryl/α,β-unsaturated/α-hetero) is 2. The third-order valence-corrected chi connectivity index (χ3v) is 7.43. The summed E-state index contributed by atoms with van der Waals surface area (Å²) in [4.78, 5) is 39.0. The van der Waals surface area contributed by atoms with Crippen LogP contribution in [0.3, 0.4) is 0 Å². The zero-order chi connectivity index (χ0) is 28.0. The van der Waals surface area contributed by atoms with E-state index in [0.29, 0.717) is 16.7 Å². The number of phenolic OH excluding ortho intramolecular Hbond substituents is 1. The standard InChI is InChI=1S/C28H33NO8/c1-26(2,3)10-12-11-7-8-13(27(4,5)6)20(31)17(11)22(33)19-16(12)21(32)14-9-15(30)18(25(29)36)23(34)28(14,37)24(19)35/h7-8,10,14,16,21,30-32,35,37H,9H2,1-6H3,(H2,29,36)/b12-10+/t14-,16-,21-,28-/m1/s1. The van der Waals surface area contributed by atoms with Crippen LogP contribution in [0.15, 0.2) is 40.9 Å². The van der Waals surface area contributed by atoms with Crippen molar-refractivity contribution in [2.45, 2.75) is 65.1 Å². The first-order chi connectivity index (χ1) is 16.8. The number of aliphatic hydroxyl groups is 4. The van der Waals surface area contributed by atoms with E-state index in [-0.39, 0.29) is 11.3 Å². The van der Waals surface area contributed by atoms with Gasteiger partial charge in [0.25, 0.3) is 5.91 Å². The van der Waals surface area contributed by atoms with Crippen molar-refractivity contribution in [1.82, 2.24) is 0 Å². The van der Waals surface area contributed by atoms with Crippen LogP contribution >= 0.6 is 0 Å². The maximum absolute atomic E-state index is 13.9. The number of aliphatic hydroxyl groups excluding tert-OH is 3. The Labute approximate surface area is 214 Å². The molecule has 0 bridgehead atoms. The second-order valence-electron chi connectivity index (χ2n) is 12.3. The van der Waals surface area contributed by atoms with Crippen LogP contribution in [0.4, 0.5) is 0 Å². The minimum atomic E-state index is -2.88. The summed E-state index contributed by atoms with van der Waals surface area (Å²) < 4.78 is 0. The molecule has 0 radical (unpaired) electrons. The molecule has 9 nitrogen and oxygen atoms in total. The van der Waals surface area contributed by atoms with Crippen LogP contribution in [0.2, 0.25) is 0 Å². The van der Waals surface area contributed by atoms with E-state index in [1.54, 1.807) is 18.2 Å². The number of ketones is 2. The molecular formula is C28H33NO8. The number of amides is 1. The predicted molar refractivity (Wildman–Crippen MR) is 135 cm³/mol. The number of aromatic hydroxyl groups is 1. The number of hydrogen-bond acceptors (Lipinski definition) is 8. The average molecular weight is 512 g/mol. The van der Waals surface area contributed by atoms with E-state index >= 15 is 0 Å². The lowest BCUT2D eigenvalue weighted by molar-refractivity contribution is -0.152. The van der Waals surface area contributed by atoms with Crippen LogP contribution in [0.5, 0.6) is 5.75 Å². The van der Waals surface area contributed by atoms with Crippen molar-refractivity contribution in [3.63, 3.8) is 0 Å². The van der Waals surface area contributed by atoms with Crippen molar-refractivity contribution in [2.75, 3.05) is 0 Å². The number of fused-ring (bicyclic) bond motifs is 3. The van der Waals surface area contributed by atoms with Gasteiger partial charge in [0, 0.05) is 23.8 Å². The average Bonchev–Trinajstić information content (AvgIpc) is 2.74. The first kappa shape index (κ1) is 26.6. The number of phenols is 1. The summed E-state index contributed by atoms with van der Waals surface area (Å²) in [6.07, 6.45) is -0.352. The Morgan fingerprint density at radius 3 is 2.19 bits per heavy atom. The Kier molecular flexibility index (Phi) is 5.78. The van der Waals surface area contributed by atoms with Gasteiger partial charge in [-0.15, -0.1) is 0 Å². The summed E-state index contributed by atoms with van der Waals surface area (Å²) in [5, 5.41) is 56.1. The normalized spacial score (nSPS) is 29.3. The van der Waals surface area contributed by atoms with E-state index in [4.69, 9.17) is 5.73 Å². The highest BCUT2D eigenvalue weighted by molar-refractivity contribution is 6.25. The maximum Gasteiger partial charge on any atom is 0.255 e. The Bertz CT molecular complexity index is 1350. The Morgan fingerprint density at radius 1 is 1.08 bits per heavy atom. The van der Waals surface area contributed by atoms with Crippen LogP contribution in [-0.2, 0) is 15.0 Å². The summed E-state index contributed by atoms with van der Waals surface area (Å²) in [5.74, 6) is -8.27. The van der Waals surface area contributed by atoms with E-state index in [0.717, 1.165) is 0 Å². The Morgan fingerprint density at radius 2 is 1.68 bits per heavy atom. The molecule has 7 N–H and O–H groups in total. The number of rotatable bonds is 1. The van der Waals surface area contributed by atoms with Crippen molar-refractivity contribution in [2.24, 2.45) is 23.0 Å². The van der Waals surface area contributed by atoms with Gasteiger partial charge in [0.05, 0.1) is 17.2 Å². The van der Waals surface area contributed by atoms with Gasteiger partial charge >= 0.3 is 0 Å². The van der Waals surface area contributed by atoms with Crippen LogP contribution in [0, 0.1) is 17.3 Å². The molecule has 37 heavy (non-hydrogen) atoms. The fourth-order valence-corrected chi connectivity index (χ4v) is 5.80. The predicted octanol–water partition coefficient (Wildman–Crippen LogP) is 2.74. The Hall–Kier alpha value is -3.43. The van der Waals surface area contributed by atoms with Crippen LogP contribution in [0.25, 0.3) is 5.57 Å². The minimum absolute atomic E-state index is 0.119. The number of primary amides is 1. The van der Waals surface area contributed by atoms with E-state index in [1.807, 2.05) is 41.5 Å². The molecule has 1 aromatic carbocycles. The molecule has 4 rings (SSSR count). The van der Waals surface area contributed by atoms with Crippen molar-refractivity contribution in [1.29, 1.82) is 0 Å². The van der Waals surface area contributed by atoms with Gasteiger partial charge in [0.15, 0.2) is 11.4 Å². The molecule has 3 aliphatic carbocycles. The second kappa shape index (κ2) is 8.03. The lowest BCUT2D eigenvalue weighted by Gasteiger charge is -2.49. The molecule has 3 aliphatic rings. The molecule has 0 fully saturated rings. The van der Waals surface area contributed by atoms with Crippen LogP contribution in [-0.4, -0.2) is 54.7 Å². The SMILES string of the molecule is CC(C)(C)/C=C1\c2ccc(C(C)(C)C)c(O)c2C(=O)C2=C(O)[C@]3(O)C(=O)C(C(N)=O)=C(O)C[C@@H]3[C@@H](O)[C@@H]21. The van der Waals surface area contributed by atoms with Crippen molar-refractivity contribution >= 4 is 23.0 Å². The van der Waals surface area contributed by atoms with Gasteiger partial charge in [-0.25, -0.2) is 0 Å². The second-order valence-corrected chi connectivity index (χ2v) is 12.3. The monoisotopic (exact) mass is 511 g/mol. The lowest BCUT2D eigenvalue weighted by Crippen LogP contribution is -2.62. The van der Waals surface area contributed by atoms with Gasteiger partial charge in [-0.1, -0.05) is 59.8 Å². The summed E-state index contributed by atoms with van der Waals surface area (Å²) >= 11 is 0. The summed E-state index contributed by atoms with van der Waals surface area (Å²) in [7, 11) is 0. The molecule has 0 aliphatic heterocycles. The van der Waals surface area contributed by atoms with Gasteiger partial charge in [0.1, 0.15) is 22.8 Å². The quantitative estimate of drug-likeness (QED) is 0.312. The number of allylic oxidation sites excluding steroid dienone is 2. The molecular weight excluding hydrogens is 478 g/mol. The first-order valence-corrected chi connectivity index (χ1v) is 12.1. The van der Waals surface area contributed by atoms with E-state index < -0.39 is 80.9 Å². The Balaban J connectivity index is 2.10. The van der Waals surface area contributed by atoms with Gasteiger partial charge < -0.3 is 31.3 Å². The molecule has 0 unspecified atom stereocenters. The number of hydrogen-bond donors (Lipinski definition) is 6.